The van der Waals surface area contributed by atoms with Crippen LogP contribution in [0.4, 0.5) is 0 Å². The van der Waals surface area contributed by atoms with Crippen molar-refractivity contribution in [3.8, 4) is 17.2 Å². The maximum absolute atomic E-state index is 13.3. The van der Waals surface area contributed by atoms with Crippen molar-refractivity contribution in [1.29, 1.82) is 0 Å². The molecule has 1 atom stereocenters. The molecule has 0 fully saturated rings. The van der Waals surface area contributed by atoms with Crippen LogP contribution in [0.15, 0.2) is 69.0 Å². The summed E-state index contributed by atoms with van der Waals surface area (Å²) < 4.78 is 18.8. The van der Waals surface area contributed by atoms with Gasteiger partial charge in [-0.1, -0.05) is 47.4 Å². The third-order valence-corrected chi connectivity index (χ3v) is 6.78. The largest absolute Gasteiger partial charge is 0.487 e. The van der Waals surface area contributed by atoms with Crippen LogP contribution in [-0.4, -0.2) is 22.7 Å². The van der Waals surface area contributed by atoms with Gasteiger partial charge in [0.15, 0.2) is 11.5 Å². The lowest BCUT2D eigenvalue weighted by Gasteiger charge is -2.14. The van der Waals surface area contributed by atoms with E-state index in [9.17, 15) is 4.79 Å². The van der Waals surface area contributed by atoms with Gasteiger partial charge in [0.1, 0.15) is 18.2 Å². The van der Waals surface area contributed by atoms with Crippen LogP contribution in [-0.2, 0) is 6.61 Å². The molecule has 0 saturated heterocycles. The van der Waals surface area contributed by atoms with E-state index >= 15 is 0 Å². The SMILES string of the molecule is CC[C@H](C)c1nc2ccc(Br)cc2c(=O)n1N=Cc1ccc(OCc2ccc3c(c2)OCO3)c(Cl)c1. The average molecular weight is 569 g/mol. The van der Waals surface area contributed by atoms with Gasteiger partial charge < -0.3 is 14.2 Å². The molecule has 1 aliphatic rings. The number of hydrogen-bond acceptors (Lipinski definition) is 6. The second-order valence-corrected chi connectivity index (χ2v) is 9.79. The van der Waals surface area contributed by atoms with Crippen LogP contribution >= 0.6 is 27.5 Å². The van der Waals surface area contributed by atoms with Crippen molar-refractivity contribution in [1.82, 2.24) is 9.66 Å². The normalized spacial score (nSPS) is 13.4. The first-order chi connectivity index (χ1) is 17.4. The van der Waals surface area contributed by atoms with Crippen molar-refractivity contribution in [2.75, 3.05) is 6.79 Å². The molecule has 1 aliphatic heterocycles. The molecule has 7 nitrogen and oxygen atoms in total. The Balaban J connectivity index is 1.39. The smallest absolute Gasteiger partial charge is 0.282 e. The van der Waals surface area contributed by atoms with Crippen molar-refractivity contribution in [3.05, 3.63) is 91.4 Å². The molecule has 0 N–H and O–H groups in total. The van der Waals surface area contributed by atoms with E-state index in [1.165, 1.54) is 4.68 Å². The van der Waals surface area contributed by atoms with E-state index in [0.29, 0.717) is 39.9 Å². The highest BCUT2D eigenvalue weighted by Crippen LogP contribution is 2.33. The number of rotatable bonds is 7. The highest BCUT2D eigenvalue weighted by Gasteiger charge is 2.16. The molecule has 0 unspecified atom stereocenters. The van der Waals surface area contributed by atoms with E-state index in [-0.39, 0.29) is 18.3 Å². The van der Waals surface area contributed by atoms with Gasteiger partial charge in [-0.3, -0.25) is 4.79 Å². The van der Waals surface area contributed by atoms with Gasteiger partial charge in [0.05, 0.1) is 22.1 Å². The van der Waals surface area contributed by atoms with E-state index < -0.39 is 0 Å². The number of halogens is 2. The van der Waals surface area contributed by atoms with Crippen molar-refractivity contribution in [2.24, 2.45) is 5.10 Å². The Morgan fingerprint density at radius 3 is 2.81 bits per heavy atom. The van der Waals surface area contributed by atoms with Gasteiger partial charge in [0.2, 0.25) is 6.79 Å². The zero-order chi connectivity index (χ0) is 25.2. The van der Waals surface area contributed by atoms with E-state index in [1.807, 2.05) is 43.3 Å². The topological polar surface area (TPSA) is 74.9 Å². The third-order valence-electron chi connectivity index (χ3n) is 6.00. The fraction of sp³-hybridized carbons (Fsp3) is 0.222. The summed E-state index contributed by atoms with van der Waals surface area (Å²) in [5.74, 6) is 2.64. The van der Waals surface area contributed by atoms with Gasteiger partial charge in [-0.15, -0.1) is 0 Å². The lowest BCUT2D eigenvalue weighted by atomic mass is 10.1. The molecular weight excluding hydrogens is 546 g/mol. The summed E-state index contributed by atoms with van der Waals surface area (Å²) in [5.41, 5.74) is 2.10. The molecule has 0 aliphatic carbocycles. The minimum atomic E-state index is -0.220. The molecule has 9 heteroatoms. The zero-order valence-corrected chi connectivity index (χ0v) is 22.0. The monoisotopic (exact) mass is 567 g/mol. The lowest BCUT2D eigenvalue weighted by Crippen LogP contribution is -2.23. The van der Waals surface area contributed by atoms with Crippen LogP contribution in [0.2, 0.25) is 5.02 Å². The van der Waals surface area contributed by atoms with Gasteiger partial charge in [-0.2, -0.15) is 9.78 Å². The molecule has 0 spiro atoms. The number of hydrogen-bond donors (Lipinski definition) is 0. The number of fused-ring (bicyclic) bond motifs is 2. The maximum Gasteiger partial charge on any atom is 0.282 e. The van der Waals surface area contributed by atoms with Crippen LogP contribution in [0.5, 0.6) is 17.2 Å². The predicted molar refractivity (Wildman–Crippen MR) is 144 cm³/mol. The summed E-state index contributed by atoms with van der Waals surface area (Å²) >= 11 is 9.92. The van der Waals surface area contributed by atoms with E-state index in [4.69, 9.17) is 30.8 Å². The fourth-order valence-corrected chi connectivity index (χ4v) is 4.41. The highest BCUT2D eigenvalue weighted by atomic mass is 79.9. The summed E-state index contributed by atoms with van der Waals surface area (Å²) in [6.45, 7) is 4.64. The first-order valence-corrected chi connectivity index (χ1v) is 12.7. The van der Waals surface area contributed by atoms with Crippen molar-refractivity contribution < 1.29 is 14.2 Å². The Morgan fingerprint density at radius 1 is 1.17 bits per heavy atom. The lowest BCUT2D eigenvalue weighted by molar-refractivity contribution is 0.174. The first-order valence-electron chi connectivity index (χ1n) is 11.5. The second-order valence-electron chi connectivity index (χ2n) is 8.47. The van der Waals surface area contributed by atoms with Crippen LogP contribution in [0, 0.1) is 0 Å². The van der Waals surface area contributed by atoms with Gasteiger partial charge in [-0.05, 0) is 66.1 Å². The molecule has 1 aromatic heterocycles. The molecule has 5 rings (SSSR count). The Hall–Kier alpha value is -3.36. The van der Waals surface area contributed by atoms with Gasteiger partial charge in [-0.25, -0.2) is 4.98 Å². The molecule has 4 aromatic rings. The molecule has 184 valence electrons. The fourth-order valence-electron chi connectivity index (χ4n) is 3.81. The Morgan fingerprint density at radius 2 is 2.00 bits per heavy atom. The summed E-state index contributed by atoms with van der Waals surface area (Å²) in [4.78, 5) is 18.0. The summed E-state index contributed by atoms with van der Waals surface area (Å²) in [6.07, 6.45) is 2.43. The van der Waals surface area contributed by atoms with Crippen LogP contribution in [0.1, 0.15) is 43.1 Å². The van der Waals surface area contributed by atoms with Gasteiger partial charge >= 0.3 is 0 Å². The number of aromatic nitrogens is 2. The minimum absolute atomic E-state index is 0.0541. The Kier molecular flexibility index (Phi) is 6.98. The first kappa shape index (κ1) is 24.3. The van der Waals surface area contributed by atoms with E-state index in [0.717, 1.165) is 27.8 Å². The molecule has 0 saturated carbocycles. The number of nitrogens with zero attached hydrogens (tertiary/aromatic N) is 3. The second kappa shape index (κ2) is 10.3. The summed E-state index contributed by atoms with van der Waals surface area (Å²) in [7, 11) is 0. The van der Waals surface area contributed by atoms with Crippen LogP contribution in [0.3, 0.4) is 0 Å². The quantitative estimate of drug-likeness (QED) is 0.237. The number of ether oxygens (including phenoxy) is 3. The van der Waals surface area contributed by atoms with Gasteiger partial charge in [0.25, 0.3) is 5.56 Å². The average Bonchev–Trinajstić information content (AvgIpc) is 3.35. The molecule has 3 aromatic carbocycles. The van der Waals surface area contributed by atoms with Crippen molar-refractivity contribution in [3.63, 3.8) is 0 Å². The summed E-state index contributed by atoms with van der Waals surface area (Å²) in [6, 6.07) is 16.5. The number of benzene rings is 3. The Labute approximate surface area is 221 Å². The summed E-state index contributed by atoms with van der Waals surface area (Å²) in [5, 5.41) is 5.44. The maximum atomic E-state index is 13.3. The van der Waals surface area contributed by atoms with Crippen LogP contribution in [0.25, 0.3) is 10.9 Å². The van der Waals surface area contributed by atoms with Crippen molar-refractivity contribution >= 4 is 44.6 Å². The molecule has 0 radical (unpaired) electrons. The zero-order valence-electron chi connectivity index (χ0n) is 19.7. The third kappa shape index (κ3) is 4.96. The van der Waals surface area contributed by atoms with Crippen molar-refractivity contribution in [2.45, 2.75) is 32.8 Å². The molecule has 0 bridgehead atoms. The van der Waals surface area contributed by atoms with E-state index in [1.54, 1.807) is 24.4 Å². The predicted octanol–water partition coefficient (Wildman–Crippen LogP) is 6.52. The standard InChI is InChI=1S/C27H23BrClN3O4/c1-3-16(2)26-31-22-7-6-19(28)12-20(22)27(33)32(26)30-13-17-4-8-23(21(29)10-17)34-14-18-5-9-24-25(11-18)36-15-35-24/h4-13,16H,3,14-15H2,1-2H3/t16-/m0/s1. The van der Waals surface area contributed by atoms with Gasteiger partial charge in [0, 0.05) is 10.4 Å². The molecule has 36 heavy (non-hydrogen) atoms. The Bertz CT molecular complexity index is 1540. The van der Waals surface area contributed by atoms with E-state index in [2.05, 4.69) is 28.0 Å². The molecule has 0 amide bonds. The minimum Gasteiger partial charge on any atom is -0.487 e. The molecular formula is C27H23BrClN3O4. The molecule has 2 heterocycles. The van der Waals surface area contributed by atoms with Crippen LogP contribution < -0.4 is 19.8 Å². The highest BCUT2D eigenvalue weighted by molar-refractivity contribution is 9.10.